The van der Waals surface area contributed by atoms with Crippen LogP contribution in [-0.4, -0.2) is 19.0 Å². The average Bonchev–Trinajstić information content (AvgIpc) is 2.57. The van der Waals surface area contributed by atoms with Gasteiger partial charge in [0, 0.05) is 35.9 Å². The van der Waals surface area contributed by atoms with Crippen LogP contribution in [0.3, 0.4) is 0 Å². The van der Waals surface area contributed by atoms with Gasteiger partial charge in [-0.15, -0.1) is 0 Å². The first-order chi connectivity index (χ1) is 11.1. The van der Waals surface area contributed by atoms with E-state index in [1.807, 2.05) is 48.5 Å². The molecule has 23 heavy (non-hydrogen) atoms. The van der Waals surface area contributed by atoms with Crippen molar-refractivity contribution in [3.8, 4) is 0 Å². The quantitative estimate of drug-likeness (QED) is 0.794. The van der Waals surface area contributed by atoms with Gasteiger partial charge in [0.05, 0.1) is 0 Å². The minimum atomic E-state index is 0.0236. The molecule has 0 aliphatic heterocycles. The number of carbonyl (C=O) groups excluding carboxylic acids is 1. The molecule has 1 N–H and O–H groups in total. The molecule has 0 aromatic heterocycles. The van der Waals surface area contributed by atoms with Crippen LogP contribution in [0.1, 0.15) is 25.8 Å². The Balaban J connectivity index is 1.86. The number of benzene rings is 2. The van der Waals surface area contributed by atoms with Crippen molar-refractivity contribution < 1.29 is 4.79 Å². The molecule has 0 fully saturated rings. The zero-order valence-corrected chi connectivity index (χ0v) is 14.4. The van der Waals surface area contributed by atoms with Gasteiger partial charge in [0.25, 0.3) is 0 Å². The van der Waals surface area contributed by atoms with E-state index < -0.39 is 0 Å². The number of nitrogens with zero attached hydrogens (tertiary/aromatic N) is 1. The molecule has 4 heteroatoms. The van der Waals surface area contributed by atoms with Crippen molar-refractivity contribution >= 4 is 28.9 Å². The topological polar surface area (TPSA) is 32.3 Å². The van der Waals surface area contributed by atoms with Crippen LogP contribution in [0.4, 0.5) is 11.4 Å². The van der Waals surface area contributed by atoms with Crippen molar-refractivity contribution in [2.24, 2.45) is 0 Å². The predicted molar refractivity (Wildman–Crippen MR) is 98.4 cm³/mol. The van der Waals surface area contributed by atoms with E-state index in [0.29, 0.717) is 17.9 Å². The fraction of sp³-hybridized carbons (Fsp3) is 0.316. The van der Waals surface area contributed by atoms with Gasteiger partial charge in [0.15, 0.2) is 0 Å². The molecular formula is C19H23ClN2O. The lowest BCUT2D eigenvalue weighted by Gasteiger charge is -2.21. The standard InChI is InChI=1S/C19H23ClN2O/c1-3-22(4-2)18-12-10-17(11-13-18)21-19(23)14-7-15-5-8-16(20)9-6-15/h5-6,8-13H,3-4,7,14H2,1-2H3,(H,21,23). The van der Waals surface area contributed by atoms with Crippen molar-refractivity contribution in [2.45, 2.75) is 26.7 Å². The van der Waals surface area contributed by atoms with Gasteiger partial charge in [-0.1, -0.05) is 23.7 Å². The Morgan fingerprint density at radius 3 is 2.17 bits per heavy atom. The lowest BCUT2D eigenvalue weighted by molar-refractivity contribution is -0.116. The lowest BCUT2D eigenvalue weighted by atomic mass is 10.1. The molecule has 0 saturated heterocycles. The molecule has 0 aliphatic carbocycles. The smallest absolute Gasteiger partial charge is 0.224 e. The summed E-state index contributed by atoms with van der Waals surface area (Å²) in [6.07, 6.45) is 1.17. The number of hydrogen-bond donors (Lipinski definition) is 1. The maximum absolute atomic E-state index is 12.0. The van der Waals surface area contributed by atoms with Crippen LogP contribution in [0.5, 0.6) is 0 Å². The number of halogens is 1. The van der Waals surface area contributed by atoms with Crippen LogP contribution in [0.15, 0.2) is 48.5 Å². The predicted octanol–water partition coefficient (Wildman–Crippen LogP) is 4.76. The van der Waals surface area contributed by atoms with E-state index >= 15 is 0 Å². The molecule has 122 valence electrons. The van der Waals surface area contributed by atoms with Crippen molar-refractivity contribution in [3.05, 3.63) is 59.1 Å². The summed E-state index contributed by atoms with van der Waals surface area (Å²) >= 11 is 5.85. The first-order valence-corrected chi connectivity index (χ1v) is 8.39. The molecular weight excluding hydrogens is 308 g/mol. The number of anilines is 2. The Kier molecular flexibility index (Phi) is 6.48. The number of rotatable bonds is 7. The second kappa shape index (κ2) is 8.59. The van der Waals surface area contributed by atoms with Gasteiger partial charge in [-0.25, -0.2) is 0 Å². The number of aryl methyl sites for hydroxylation is 1. The molecule has 0 aliphatic rings. The molecule has 0 heterocycles. The largest absolute Gasteiger partial charge is 0.372 e. The molecule has 0 unspecified atom stereocenters. The van der Waals surface area contributed by atoms with Crippen LogP contribution in [-0.2, 0) is 11.2 Å². The molecule has 2 aromatic rings. The van der Waals surface area contributed by atoms with Crippen LogP contribution >= 0.6 is 11.6 Å². The van der Waals surface area contributed by atoms with E-state index in [2.05, 4.69) is 24.1 Å². The summed E-state index contributed by atoms with van der Waals surface area (Å²) < 4.78 is 0. The van der Waals surface area contributed by atoms with E-state index in [4.69, 9.17) is 11.6 Å². The first kappa shape index (κ1) is 17.4. The minimum absolute atomic E-state index is 0.0236. The molecule has 2 rings (SSSR count). The highest BCUT2D eigenvalue weighted by Gasteiger charge is 2.05. The Morgan fingerprint density at radius 1 is 1.00 bits per heavy atom. The van der Waals surface area contributed by atoms with Gasteiger partial charge < -0.3 is 10.2 Å². The fourth-order valence-electron chi connectivity index (χ4n) is 2.48. The molecule has 0 saturated carbocycles. The van der Waals surface area contributed by atoms with E-state index in [1.54, 1.807) is 0 Å². The third-order valence-corrected chi connectivity index (χ3v) is 4.09. The second-order valence-electron chi connectivity index (χ2n) is 5.39. The Labute approximate surface area is 143 Å². The molecule has 2 aromatic carbocycles. The zero-order chi connectivity index (χ0) is 16.7. The summed E-state index contributed by atoms with van der Waals surface area (Å²) in [5.74, 6) is 0.0236. The van der Waals surface area contributed by atoms with Crippen LogP contribution in [0, 0.1) is 0 Å². The second-order valence-corrected chi connectivity index (χ2v) is 5.83. The highest BCUT2D eigenvalue weighted by Crippen LogP contribution is 2.18. The molecule has 0 atom stereocenters. The molecule has 0 bridgehead atoms. The van der Waals surface area contributed by atoms with Gasteiger partial charge in [-0.2, -0.15) is 0 Å². The SMILES string of the molecule is CCN(CC)c1ccc(NC(=O)CCc2ccc(Cl)cc2)cc1. The maximum Gasteiger partial charge on any atom is 0.224 e. The van der Waals surface area contributed by atoms with Gasteiger partial charge in [0.2, 0.25) is 5.91 Å². The minimum Gasteiger partial charge on any atom is -0.372 e. The van der Waals surface area contributed by atoms with E-state index in [1.165, 1.54) is 5.69 Å². The van der Waals surface area contributed by atoms with E-state index in [-0.39, 0.29) is 5.91 Å². The van der Waals surface area contributed by atoms with Crippen LogP contribution < -0.4 is 10.2 Å². The number of nitrogens with one attached hydrogen (secondary N) is 1. The Hall–Kier alpha value is -2.00. The third kappa shape index (κ3) is 5.29. The van der Waals surface area contributed by atoms with Crippen molar-refractivity contribution in [1.29, 1.82) is 0 Å². The third-order valence-electron chi connectivity index (χ3n) is 3.83. The summed E-state index contributed by atoms with van der Waals surface area (Å²) in [4.78, 5) is 14.3. The van der Waals surface area contributed by atoms with E-state index in [9.17, 15) is 4.79 Å². The Morgan fingerprint density at radius 2 is 1.61 bits per heavy atom. The highest BCUT2D eigenvalue weighted by molar-refractivity contribution is 6.30. The summed E-state index contributed by atoms with van der Waals surface area (Å²) in [5, 5.41) is 3.66. The maximum atomic E-state index is 12.0. The Bertz CT molecular complexity index is 619. The lowest BCUT2D eigenvalue weighted by Crippen LogP contribution is -2.21. The van der Waals surface area contributed by atoms with Crippen LogP contribution in [0.2, 0.25) is 5.02 Å². The monoisotopic (exact) mass is 330 g/mol. The van der Waals surface area contributed by atoms with Gasteiger partial charge >= 0.3 is 0 Å². The summed E-state index contributed by atoms with van der Waals surface area (Å²) in [6, 6.07) is 15.6. The van der Waals surface area contributed by atoms with Gasteiger partial charge in [-0.05, 0) is 62.2 Å². The normalized spacial score (nSPS) is 10.4. The molecule has 0 spiro atoms. The van der Waals surface area contributed by atoms with Crippen molar-refractivity contribution in [1.82, 2.24) is 0 Å². The number of amides is 1. The van der Waals surface area contributed by atoms with Crippen LogP contribution in [0.25, 0.3) is 0 Å². The molecule has 0 radical (unpaired) electrons. The first-order valence-electron chi connectivity index (χ1n) is 8.01. The van der Waals surface area contributed by atoms with Gasteiger partial charge in [-0.3, -0.25) is 4.79 Å². The number of carbonyl (C=O) groups is 1. The van der Waals surface area contributed by atoms with Crippen molar-refractivity contribution in [3.63, 3.8) is 0 Å². The fourth-order valence-corrected chi connectivity index (χ4v) is 2.60. The summed E-state index contributed by atoms with van der Waals surface area (Å²) in [7, 11) is 0. The average molecular weight is 331 g/mol. The van der Waals surface area contributed by atoms with Gasteiger partial charge in [0.1, 0.15) is 0 Å². The van der Waals surface area contributed by atoms with E-state index in [0.717, 1.165) is 24.3 Å². The molecule has 3 nitrogen and oxygen atoms in total. The molecule has 1 amide bonds. The highest BCUT2D eigenvalue weighted by atomic mass is 35.5. The summed E-state index contributed by atoms with van der Waals surface area (Å²) in [6.45, 7) is 6.22. The van der Waals surface area contributed by atoms with Crippen molar-refractivity contribution in [2.75, 3.05) is 23.3 Å². The zero-order valence-electron chi connectivity index (χ0n) is 13.7. The summed E-state index contributed by atoms with van der Waals surface area (Å²) in [5.41, 5.74) is 3.12. The number of hydrogen-bond acceptors (Lipinski definition) is 2.